The number of hydrogen-bond acceptors (Lipinski definition) is 4. The van der Waals surface area contributed by atoms with Gasteiger partial charge in [0.25, 0.3) is 0 Å². The van der Waals surface area contributed by atoms with Gasteiger partial charge in [-0.15, -0.1) is 11.8 Å². The number of thioether (sulfide) groups is 1. The van der Waals surface area contributed by atoms with Gasteiger partial charge in [0.2, 0.25) is 11.6 Å². The third kappa shape index (κ3) is 1.55. The van der Waals surface area contributed by atoms with E-state index in [9.17, 15) is 14.7 Å². The zero-order valence-corrected chi connectivity index (χ0v) is 9.50. The number of rotatable bonds is 2. The highest BCUT2D eigenvalue weighted by molar-refractivity contribution is 8.04. The average Bonchev–Trinajstić information content (AvgIpc) is 2.32. The number of carbonyl (C=O) groups excluding carboxylic acids is 2. The molecule has 0 aliphatic heterocycles. The number of benzene rings is 1. The van der Waals surface area contributed by atoms with Gasteiger partial charge in [-0.3, -0.25) is 9.59 Å². The SMILES string of the molecule is CCSC1=C(O)c2ccccc2C(=O)C1=O. The van der Waals surface area contributed by atoms with Gasteiger partial charge in [-0.25, -0.2) is 0 Å². The molecule has 0 saturated carbocycles. The Morgan fingerprint density at radius 2 is 1.75 bits per heavy atom. The number of ketones is 2. The Balaban J connectivity index is 2.64. The molecule has 0 unspecified atom stereocenters. The van der Waals surface area contributed by atoms with Crippen LogP contribution >= 0.6 is 11.8 Å². The van der Waals surface area contributed by atoms with Crippen molar-refractivity contribution in [1.82, 2.24) is 0 Å². The van der Waals surface area contributed by atoms with Crippen molar-refractivity contribution in [1.29, 1.82) is 0 Å². The molecule has 0 amide bonds. The summed E-state index contributed by atoms with van der Waals surface area (Å²) in [5.74, 6) is -0.583. The van der Waals surface area contributed by atoms with Gasteiger partial charge in [-0.05, 0) is 5.75 Å². The maximum absolute atomic E-state index is 11.7. The molecule has 0 atom stereocenters. The fraction of sp³-hybridized carbons (Fsp3) is 0.167. The Kier molecular flexibility index (Phi) is 2.83. The van der Waals surface area contributed by atoms with Crippen LogP contribution in [0.25, 0.3) is 5.76 Å². The van der Waals surface area contributed by atoms with Crippen LogP contribution < -0.4 is 0 Å². The van der Waals surface area contributed by atoms with Crippen LogP contribution in [0.2, 0.25) is 0 Å². The van der Waals surface area contributed by atoms with Crippen LogP contribution in [0.15, 0.2) is 29.2 Å². The van der Waals surface area contributed by atoms with E-state index in [0.29, 0.717) is 11.3 Å². The Bertz CT molecular complexity index is 503. The van der Waals surface area contributed by atoms with E-state index in [4.69, 9.17) is 0 Å². The van der Waals surface area contributed by atoms with E-state index in [0.717, 1.165) is 0 Å². The molecule has 0 radical (unpaired) electrons. The first-order valence-corrected chi connectivity index (χ1v) is 5.89. The highest BCUT2D eigenvalue weighted by atomic mass is 32.2. The van der Waals surface area contributed by atoms with E-state index in [1.807, 2.05) is 6.92 Å². The van der Waals surface area contributed by atoms with Gasteiger partial charge in [-0.1, -0.05) is 31.2 Å². The molecule has 1 aliphatic carbocycles. The van der Waals surface area contributed by atoms with E-state index < -0.39 is 11.6 Å². The smallest absolute Gasteiger partial charge is 0.243 e. The van der Waals surface area contributed by atoms with Gasteiger partial charge in [0.1, 0.15) is 10.7 Å². The normalized spacial score (nSPS) is 15.3. The first kappa shape index (κ1) is 11.0. The quantitative estimate of drug-likeness (QED) is 0.798. The molecule has 1 N–H and O–H groups in total. The third-order valence-corrected chi connectivity index (χ3v) is 3.30. The molecule has 0 heterocycles. The van der Waals surface area contributed by atoms with Crippen molar-refractivity contribution in [2.24, 2.45) is 0 Å². The number of aliphatic hydroxyl groups is 1. The molecule has 1 aromatic carbocycles. The number of hydrogen-bond donors (Lipinski definition) is 1. The van der Waals surface area contributed by atoms with Crippen molar-refractivity contribution in [3.63, 3.8) is 0 Å². The summed E-state index contributed by atoms with van der Waals surface area (Å²) in [5.41, 5.74) is 0.730. The van der Waals surface area contributed by atoms with Crippen molar-refractivity contribution < 1.29 is 14.7 Å². The number of allylic oxidation sites excluding steroid dienone is 1. The van der Waals surface area contributed by atoms with Crippen molar-refractivity contribution in [2.75, 3.05) is 5.75 Å². The van der Waals surface area contributed by atoms with Crippen molar-refractivity contribution in [3.8, 4) is 0 Å². The van der Waals surface area contributed by atoms with Crippen LogP contribution in [0.1, 0.15) is 22.8 Å². The summed E-state index contributed by atoms with van der Waals surface area (Å²) < 4.78 is 0. The number of aliphatic hydroxyl groups excluding tert-OH is 1. The van der Waals surface area contributed by atoms with Crippen molar-refractivity contribution in [2.45, 2.75) is 6.92 Å². The van der Waals surface area contributed by atoms with Gasteiger partial charge in [0.05, 0.1) is 0 Å². The molecule has 82 valence electrons. The monoisotopic (exact) mass is 234 g/mol. The molecule has 3 nitrogen and oxygen atoms in total. The fourth-order valence-corrected chi connectivity index (χ4v) is 2.38. The molecule has 0 fully saturated rings. The van der Waals surface area contributed by atoms with Crippen LogP contribution in [0.3, 0.4) is 0 Å². The van der Waals surface area contributed by atoms with E-state index in [1.165, 1.54) is 11.8 Å². The topological polar surface area (TPSA) is 54.4 Å². The molecule has 1 aliphatic rings. The first-order valence-electron chi connectivity index (χ1n) is 4.91. The molecular formula is C12H10O3S. The molecule has 1 aromatic rings. The summed E-state index contributed by atoms with van der Waals surface area (Å²) in [6, 6.07) is 6.60. The van der Waals surface area contributed by atoms with Crippen molar-refractivity contribution >= 4 is 29.1 Å². The minimum atomic E-state index is -0.608. The summed E-state index contributed by atoms with van der Waals surface area (Å²) >= 11 is 1.20. The molecule has 2 rings (SSSR count). The standard InChI is InChI=1S/C12H10O3S/c1-2-16-12-10(14)8-6-4-3-5-7(8)9(13)11(12)15/h3-6,14H,2H2,1H3. The predicted octanol–water partition coefficient (Wildman–Crippen LogP) is 2.43. The van der Waals surface area contributed by atoms with Gasteiger partial charge in [-0.2, -0.15) is 0 Å². The van der Waals surface area contributed by atoms with Gasteiger partial charge in [0.15, 0.2) is 0 Å². The summed E-state index contributed by atoms with van der Waals surface area (Å²) in [5, 5.41) is 9.93. The maximum Gasteiger partial charge on any atom is 0.243 e. The van der Waals surface area contributed by atoms with E-state index in [-0.39, 0.29) is 16.2 Å². The summed E-state index contributed by atoms with van der Waals surface area (Å²) in [6.07, 6.45) is 0. The molecule has 0 aromatic heterocycles. The highest BCUT2D eigenvalue weighted by Crippen LogP contribution is 2.33. The average molecular weight is 234 g/mol. The first-order chi connectivity index (χ1) is 7.66. The zero-order valence-electron chi connectivity index (χ0n) is 8.69. The van der Waals surface area contributed by atoms with Crippen molar-refractivity contribution in [3.05, 3.63) is 40.3 Å². The second-order valence-corrected chi connectivity index (χ2v) is 4.59. The van der Waals surface area contributed by atoms with Crippen LogP contribution in [0.5, 0.6) is 0 Å². The lowest BCUT2D eigenvalue weighted by atomic mass is 9.94. The van der Waals surface area contributed by atoms with E-state index >= 15 is 0 Å². The minimum Gasteiger partial charge on any atom is -0.506 e. The second kappa shape index (κ2) is 4.14. The Labute approximate surface area is 97.2 Å². The van der Waals surface area contributed by atoms with E-state index in [1.54, 1.807) is 24.3 Å². The van der Waals surface area contributed by atoms with Crippen LogP contribution in [0, 0.1) is 0 Å². The van der Waals surface area contributed by atoms with Gasteiger partial charge < -0.3 is 5.11 Å². The Morgan fingerprint density at radius 3 is 2.38 bits per heavy atom. The molecule has 0 saturated heterocycles. The maximum atomic E-state index is 11.7. The number of Topliss-reactive ketones (excluding diaryl/α,β-unsaturated/α-hetero) is 2. The van der Waals surface area contributed by atoms with Gasteiger partial charge >= 0.3 is 0 Å². The Hall–Kier alpha value is -1.55. The lowest BCUT2D eigenvalue weighted by molar-refractivity contribution is -0.111. The Morgan fingerprint density at radius 1 is 1.12 bits per heavy atom. The van der Waals surface area contributed by atoms with Crippen LogP contribution in [-0.2, 0) is 4.79 Å². The summed E-state index contributed by atoms with van der Waals surface area (Å²) in [6.45, 7) is 1.86. The van der Waals surface area contributed by atoms with E-state index in [2.05, 4.69) is 0 Å². The molecule has 0 bridgehead atoms. The molecular weight excluding hydrogens is 224 g/mol. The predicted molar refractivity (Wildman–Crippen MR) is 63.5 cm³/mol. The molecule has 16 heavy (non-hydrogen) atoms. The summed E-state index contributed by atoms with van der Waals surface area (Å²) in [7, 11) is 0. The largest absolute Gasteiger partial charge is 0.506 e. The minimum absolute atomic E-state index is 0.0768. The number of fused-ring (bicyclic) bond motifs is 1. The molecule has 4 heteroatoms. The lowest BCUT2D eigenvalue weighted by Gasteiger charge is -2.16. The van der Waals surface area contributed by atoms with Gasteiger partial charge in [0, 0.05) is 11.1 Å². The van der Waals surface area contributed by atoms with Crippen LogP contribution in [0.4, 0.5) is 0 Å². The zero-order chi connectivity index (χ0) is 11.7. The highest BCUT2D eigenvalue weighted by Gasteiger charge is 2.32. The molecule has 0 spiro atoms. The fourth-order valence-electron chi connectivity index (χ4n) is 1.62. The summed E-state index contributed by atoms with van der Waals surface area (Å²) in [4.78, 5) is 23.6. The second-order valence-electron chi connectivity index (χ2n) is 3.31. The van der Waals surface area contributed by atoms with Crippen LogP contribution in [-0.4, -0.2) is 22.4 Å². The number of carbonyl (C=O) groups is 2. The third-order valence-electron chi connectivity index (χ3n) is 2.34. The lowest BCUT2D eigenvalue weighted by Crippen LogP contribution is -2.22.